The summed E-state index contributed by atoms with van der Waals surface area (Å²) in [5.74, 6) is 0.221. The Labute approximate surface area is 114 Å². The van der Waals surface area contributed by atoms with Crippen LogP contribution >= 0.6 is 54.2 Å². The number of alkyl halides is 2. The van der Waals surface area contributed by atoms with Crippen LogP contribution in [0, 0.1) is 0 Å². The number of phosphoric ester groups is 1. The van der Waals surface area contributed by atoms with Gasteiger partial charge in [0.05, 0.1) is 6.10 Å². The first-order chi connectivity index (χ1) is 7.26. The van der Waals surface area contributed by atoms with Gasteiger partial charge in [-0.25, -0.2) is 4.57 Å². The standard InChI is InChI=1S/C7H11Cl4O4P/c1-5(2-6(9)3-8)15-16(12,13)14-4-7(10)11/h4-6H,2-3H2,1H3,(H,12,13). The van der Waals surface area contributed by atoms with Crippen molar-refractivity contribution in [2.24, 2.45) is 0 Å². The van der Waals surface area contributed by atoms with Gasteiger partial charge in [0.25, 0.3) is 0 Å². The Hall–Kier alpha value is 0.850. The molecule has 0 aromatic carbocycles. The van der Waals surface area contributed by atoms with Crippen LogP contribution in [0.1, 0.15) is 13.3 Å². The first kappa shape index (κ1) is 16.9. The lowest BCUT2D eigenvalue weighted by atomic mass is 10.2. The molecule has 3 unspecified atom stereocenters. The highest BCUT2D eigenvalue weighted by molar-refractivity contribution is 7.47. The van der Waals surface area contributed by atoms with Gasteiger partial charge in [-0.15, -0.1) is 23.2 Å². The summed E-state index contributed by atoms with van der Waals surface area (Å²) < 4.78 is 20.1. The van der Waals surface area contributed by atoms with Gasteiger partial charge in [-0.2, -0.15) is 0 Å². The van der Waals surface area contributed by atoms with Crippen LogP contribution in [0.5, 0.6) is 0 Å². The van der Waals surface area contributed by atoms with Crippen molar-refractivity contribution >= 4 is 54.2 Å². The summed E-state index contributed by atoms with van der Waals surface area (Å²) in [6.45, 7) is 1.57. The van der Waals surface area contributed by atoms with E-state index in [1.54, 1.807) is 6.92 Å². The van der Waals surface area contributed by atoms with E-state index >= 15 is 0 Å². The minimum absolute atomic E-state index is 0.221. The van der Waals surface area contributed by atoms with E-state index in [0.717, 1.165) is 6.26 Å². The van der Waals surface area contributed by atoms with Crippen molar-refractivity contribution in [1.82, 2.24) is 0 Å². The zero-order chi connectivity index (χ0) is 12.8. The van der Waals surface area contributed by atoms with Crippen LogP contribution in [0.3, 0.4) is 0 Å². The lowest BCUT2D eigenvalue weighted by molar-refractivity contribution is 0.133. The SMILES string of the molecule is CC(CC(Cl)CCl)OP(=O)(O)OC=C(Cl)Cl. The molecule has 0 amide bonds. The topological polar surface area (TPSA) is 55.8 Å². The number of phosphoric acid groups is 1. The fraction of sp³-hybridized carbons (Fsp3) is 0.714. The minimum Gasteiger partial charge on any atom is -0.410 e. The molecule has 0 heterocycles. The van der Waals surface area contributed by atoms with Gasteiger partial charge in [-0.1, -0.05) is 23.2 Å². The van der Waals surface area contributed by atoms with Crippen LogP contribution in [-0.4, -0.2) is 22.3 Å². The molecule has 0 saturated heterocycles. The second-order valence-electron chi connectivity index (χ2n) is 2.88. The second kappa shape index (κ2) is 8.04. The average molecular weight is 332 g/mol. The minimum atomic E-state index is -4.22. The van der Waals surface area contributed by atoms with Crippen LogP contribution in [0.4, 0.5) is 0 Å². The normalized spacial score (nSPS) is 18.4. The Bertz CT molecular complexity index is 282. The molecule has 0 aliphatic carbocycles. The summed E-state index contributed by atoms with van der Waals surface area (Å²) >= 11 is 21.6. The monoisotopic (exact) mass is 330 g/mol. The van der Waals surface area contributed by atoms with E-state index < -0.39 is 13.9 Å². The average Bonchev–Trinajstić information content (AvgIpc) is 2.13. The third-order valence-corrected chi connectivity index (χ3v) is 3.38. The van der Waals surface area contributed by atoms with Gasteiger partial charge in [0, 0.05) is 11.3 Å². The molecule has 0 aliphatic heterocycles. The Morgan fingerprint density at radius 1 is 1.56 bits per heavy atom. The van der Waals surface area contributed by atoms with Crippen LogP contribution < -0.4 is 0 Å². The quantitative estimate of drug-likeness (QED) is 0.435. The van der Waals surface area contributed by atoms with Gasteiger partial charge < -0.3 is 4.52 Å². The zero-order valence-electron chi connectivity index (χ0n) is 8.28. The first-order valence-corrected chi connectivity index (χ1v) is 7.40. The zero-order valence-corrected chi connectivity index (χ0v) is 12.2. The van der Waals surface area contributed by atoms with Gasteiger partial charge in [-0.3, -0.25) is 9.42 Å². The molecule has 0 fully saturated rings. The Morgan fingerprint density at radius 3 is 2.56 bits per heavy atom. The Morgan fingerprint density at radius 2 is 2.12 bits per heavy atom. The summed E-state index contributed by atoms with van der Waals surface area (Å²) in [5, 5.41) is -0.344. The van der Waals surface area contributed by atoms with Gasteiger partial charge in [-0.05, 0) is 13.3 Å². The predicted molar refractivity (Wildman–Crippen MR) is 66.2 cm³/mol. The van der Waals surface area contributed by atoms with E-state index in [9.17, 15) is 9.46 Å². The summed E-state index contributed by atoms with van der Waals surface area (Å²) in [7, 11) is -4.22. The number of halogens is 4. The summed E-state index contributed by atoms with van der Waals surface area (Å²) in [6.07, 6.45) is 0.452. The molecule has 16 heavy (non-hydrogen) atoms. The van der Waals surface area contributed by atoms with Crippen molar-refractivity contribution in [1.29, 1.82) is 0 Å². The largest absolute Gasteiger partial charge is 0.527 e. The lowest BCUT2D eigenvalue weighted by Gasteiger charge is -2.17. The van der Waals surface area contributed by atoms with Gasteiger partial charge >= 0.3 is 7.82 Å². The number of hydrogen-bond donors (Lipinski definition) is 1. The molecule has 4 nitrogen and oxygen atoms in total. The highest BCUT2D eigenvalue weighted by atomic mass is 35.5. The van der Waals surface area contributed by atoms with Crippen LogP contribution in [0.15, 0.2) is 10.8 Å². The molecule has 9 heteroatoms. The second-order valence-corrected chi connectivity index (χ2v) is 6.18. The van der Waals surface area contributed by atoms with Gasteiger partial charge in [0.15, 0.2) is 0 Å². The van der Waals surface area contributed by atoms with Crippen molar-refractivity contribution < 1.29 is 18.5 Å². The van der Waals surface area contributed by atoms with Crippen molar-refractivity contribution in [2.75, 3.05) is 5.88 Å². The molecule has 1 N–H and O–H groups in total. The van der Waals surface area contributed by atoms with E-state index in [-0.39, 0.29) is 15.7 Å². The highest BCUT2D eigenvalue weighted by Gasteiger charge is 2.25. The van der Waals surface area contributed by atoms with E-state index in [1.807, 2.05) is 0 Å². The summed E-state index contributed by atoms with van der Waals surface area (Å²) in [5.41, 5.74) is 0. The number of hydrogen-bond acceptors (Lipinski definition) is 3. The van der Waals surface area contributed by atoms with E-state index in [1.165, 1.54) is 0 Å². The first-order valence-electron chi connectivity index (χ1n) is 4.17. The Balaban J connectivity index is 4.15. The molecule has 0 radical (unpaired) electrons. The molecule has 0 rings (SSSR count). The third kappa shape index (κ3) is 8.94. The van der Waals surface area contributed by atoms with Crippen molar-refractivity contribution in [3.8, 4) is 0 Å². The molecular weight excluding hydrogens is 321 g/mol. The molecule has 0 spiro atoms. The maximum atomic E-state index is 11.3. The van der Waals surface area contributed by atoms with E-state index in [4.69, 9.17) is 50.9 Å². The molecule has 0 aliphatic rings. The van der Waals surface area contributed by atoms with Crippen LogP contribution in [-0.2, 0) is 13.6 Å². The molecular formula is C7H11Cl4O4P. The third-order valence-electron chi connectivity index (χ3n) is 1.34. The fourth-order valence-electron chi connectivity index (χ4n) is 0.825. The molecule has 0 saturated carbocycles. The van der Waals surface area contributed by atoms with Crippen LogP contribution in [0.2, 0.25) is 0 Å². The molecule has 3 atom stereocenters. The smallest absolute Gasteiger partial charge is 0.410 e. The van der Waals surface area contributed by atoms with Crippen molar-refractivity contribution in [2.45, 2.75) is 24.8 Å². The van der Waals surface area contributed by atoms with Crippen molar-refractivity contribution in [3.63, 3.8) is 0 Å². The molecule has 96 valence electrons. The molecule has 0 bridgehead atoms. The molecule has 0 aromatic heterocycles. The maximum Gasteiger partial charge on any atom is 0.527 e. The van der Waals surface area contributed by atoms with Crippen molar-refractivity contribution in [3.05, 3.63) is 10.8 Å². The predicted octanol–water partition coefficient (Wildman–Crippen LogP) is 4.02. The van der Waals surface area contributed by atoms with Crippen LogP contribution in [0.25, 0.3) is 0 Å². The maximum absolute atomic E-state index is 11.3. The van der Waals surface area contributed by atoms with Gasteiger partial charge in [0.1, 0.15) is 10.8 Å². The highest BCUT2D eigenvalue weighted by Crippen LogP contribution is 2.46. The summed E-state index contributed by atoms with van der Waals surface area (Å²) in [6, 6.07) is 0. The van der Waals surface area contributed by atoms with Gasteiger partial charge in [0.2, 0.25) is 0 Å². The Kier molecular flexibility index (Phi) is 8.47. The lowest BCUT2D eigenvalue weighted by Crippen LogP contribution is -2.14. The fourth-order valence-corrected chi connectivity index (χ4v) is 2.24. The van der Waals surface area contributed by atoms with E-state index in [2.05, 4.69) is 4.52 Å². The molecule has 0 aromatic rings. The summed E-state index contributed by atoms with van der Waals surface area (Å²) in [4.78, 5) is 9.19. The number of rotatable bonds is 7. The van der Waals surface area contributed by atoms with E-state index in [0.29, 0.717) is 6.42 Å².